The van der Waals surface area contributed by atoms with Gasteiger partial charge in [0.05, 0.1) is 0 Å². The molecule has 1 saturated heterocycles. The van der Waals surface area contributed by atoms with E-state index in [-0.39, 0.29) is 23.8 Å². The molecule has 1 aliphatic carbocycles. The summed E-state index contributed by atoms with van der Waals surface area (Å²) in [6.07, 6.45) is 5.04. The first-order valence-electron chi connectivity index (χ1n) is 12.1. The molecule has 0 bridgehead atoms. The van der Waals surface area contributed by atoms with Crippen molar-refractivity contribution in [3.05, 3.63) is 29.8 Å². The van der Waals surface area contributed by atoms with Gasteiger partial charge < -0.3 is 20.3 Å². The number of benzene rings is 1. The van der Waals surface area contributed by atoms with Crippen LogP contribution in [0.4, 0.5) is 10.5 Å². The summed E-state index contributed by atoms with van der Waals surface area (Å²) < 4.78 is 5.43. The standard InChI is InChI=1S/C25H38N4O4/c1-25(2,3)33-24(32)29-16-14-28(15-17-29)13-12-26-22(30)20-10-7-11-21(18-20)27-23(31)19-8-5-4-6-9-19/h7,10-11,18-19H,4-6,8-9,12-17H2,1-3H3,(H,26,30)(H,27,31). The summed E-state index contributed by atoms with van der Waals surface area (Å²) in [7, 11) is 0. The van der Waals surface area contributed by atoms with E-state index in [1.54, 1.807) is 23.1 Å². The van der Waals surface area contributed by atoms with Crippen LogP contribution in [0.5, 0.6) is 0 Å². The Balaban J connectivity index is 1.39. The first-order valence-corrected chi connectivity index (χ1v) is 12.1. The van der Waals surface area contributed by atoms with Gasteiger partial charge in [-0.05, 0) is 51.8 Å². The highest BCUT2D eigenvalue weighted by Gasteiger charge is 2.26. The molecule has 8 heteroatoms. The Bertz CT molecular complexity index is 822. The van der Waals surface area contributed by atoms with Gasteiger partial charge in [0, 0.05) is 56.4 Å². The lowest BCUT2D eigenvalue weighted by molar-refractivity contribution is -0.120. The molecular weight excluding hydrogens is 420 g/mol. The van der Waals surface area contributed by atoms with Gasteiger partial charge in [-0.2, -0.15) is 0 Å². The van der Waals surface area contributed by atoms with E-state index in [4.69, 9.17) is 4.74 Å². The molecule has 0 radical (unpaired) electrons. The maximum Gasteiger partial charge on any atom is 0.410 e. The second-order valence-electron chi connectivity index (χ2n) is 9.97. The average molecular weight is 459 g/mol. The summed E-state index contributed by atoms with van der Waals surface area (Å²) >= 11 is 0. The van der Waals surface area contributed by atoms with Crippen molar-refractivity contribution in [2.45, 2.75) is 58.5 Å². The molecule has 1 aromatic rings. The highest BCUT2D eigenvalue weighted by molar-refractivity contribution is 5.97. The molecule has 1 aliphatic heterocycles. The summed E-state index contributed by atoms with van der Waals surface area (Å²) in [6.45, 7) is 9.56. The molecule has 1 aromatic carbocycles. The number of amides is 3. The zero-order chi connectivity index (χ0) is 23.8. The molecule has 1 saturated carbocycles. The molecule has 3 rings (SSSR count). The van der Waals surface area contributed by atoms with E-state index < -0.39 is 5.60 Å². The van der Waals surface area contributed by atoms with E-state index >= 15 is 0 Å². The minimum Gasteiger partial charge on any atom is -0.444 e. The third-order valence-corrected chi connectivity index (χ3v) is 6.11. The Morgan fingerprint density at radius 2 is 1.73 bits per heavy atom. The van der Waals surface area contributed by atoms with Gasteiger partial charge in [0.2, 0.25) is 5.91 Å². The lowest BCUT2D eigenvalue weighted by atomic mass is 9.88. The topological polar surface area (TPSA) is 91.0 Å². The van der Waals surface area contributed by atoms with Crippen molar-refractivity contribution in [1.29, 1.82) is 0 Å². The fourth-order valence-corrected chi connectivity index (χ4v) is 4.26. The number of rotatable bonds is 6. The van der Waals surface area contributed by atoms with Crippen LogP contribution in [-0.4, -0.2) is 72.6 Å². The van der Waals surface area contributed by atoms with E-state index in [0.717, 1.165) is 38.8 Å². The number of anilines is 1. The number of hydrogen-bond donors (Lipinski definition) is 2. The molecule has 0 aromatic heterocycles. The van der Waals surface area contributed by atoms with Crippen molar-refractivity contribution in [1.82, 2.24) is 15.1 Å². The number of nitrogens with zero attached hydrogens (tertiary/aromatic N) is 2. The molecule has 2 aliphatic rings. The van der Waals surface area contributed by atoms with Gasteiger partial charge in [-0.25, -0.2) is 4.79 Å². The van der Waals surface area contributed by atoms with Gasteiger partial charge in [-0.1, -0.05) is 25.3 Å². The normalized spacial score (nSPS) is 18.0. The molecule has 3 amide bonds. The molecule has 2 N–H and O–H groups in total. The summed E-state index contributed by atoms with van der Waals surface area (Å²) in [5, 5.41) is 5.93. The van der Waals surface area contributed by atoms with Crippen LogP contribution in [-0.2, 0) is 9.53 Å². The van der Waals surface area contributed by atoms with Gasteiger partial charge in [-0.3, -0.25) is 14.5 Å². The van der Waals surface area contributed by atoms with Crippen LogP contribution in [0.15, 0.2) is 24.3 Å². The van der Waals surface area contributed by atoms with Crippen molar-refractivity contribution >= 4 is 23.6 Å². The Hall–Kier alpha value is -2.61. The average Bonchev–Trinajstić information content (AvgIpc) is 2.79. The van der Waals surface area contributed by atoms with Crippen LogP contribution in [0.25, 0.3) is 0 Å². The van der Waals surface area contributed by atoms with Crippen LogP contribution >= 0.6 is 0 Å². The van der Waals surface area contributed by atoms with Crippen LogP contribution in [0.3, 0.4) is 0 Å². The monoisotopic (exact) mass is 458 g/mol. The third kappa shape index (κ3) is 8.03. The number of nitrogens with one attached hydrogen (secondary N) is 2. The minimum atomic E-state index is -0.492. The van der Waals surface area contributed by atoms with Gasteiger partial charge in [0.1, 0.15) is 5.60 Å². The van der Waals surface area contributed by atoms with Gasteiger partial charge in [0.25, 0.3) is 5.91 Å². The predicted octanol–water partition coefficient (Wildman–Crippen LogP) is 3.49. The van der Waals surface area contributed by atoms with Crippen LogP contribution in [0.2, 0.25) is 0 Å². The Kier molecular flexibility index (Phi) is 8.72. The van der Waals surface area contributed by atoms with Crippen molar-refractivity contribution < 1.29 is 19.1 Å². The number of piperazine rings is 1. The fourth-order valence-electron chi connectivity index (χ4n) is 4.26. The van der Waals surface area contributed by atoms with Crippen molar-refractivity contribution in [3.8, 4) is 0 Å². The van der Waals surface area contributed by atoms with E-state index in [1.165, 1.54) is 6.42 Å². The smallest absolute Gasteiger partial charge is 0.410 e. The summed E-state index contributed by atoms with van der Waals surface area (Å²) in [6, 6.07) is 7.10. The molecule has 8 nitrogen and oxygen atoms in total. The Labute approximate surface area is 197 Å². The van der Waals surface area contributed by atoms with Crippen molar-refractivity contribution in [3.63, 3.8) is 0 Å². The summed E-state index contributed by atoms with van der Waals surface area (Å²) in [4.78, 5) is 41.2. The van der Waals surface area contributed by atoms with Crippen LogP contribution in [0.1, 0.15) is 63.2 Å². The Morgan fingerprint density at radius 1 is 1.03 bits per heavy atom. The van der Waals surface area contributed by atoms with E-state index in [1.807, 2.05) is 26.8 Å². The predicted molar refractivity (Wildman–Crippen MR) is 128 cm³/mol. The largest absolute Gasteiger partial charge is 0.444 e. The Morgan fingerprint density at radius 3 is 2.39 bits per heavy atom. The molecule has 33 heavy (non-hydrogen) atoms. The van der Waals surface area contributed by atoms with E-state index in [0.29, 0.717) is 37.4 Å². The maximum absolute atomic E-state index is 12.6. The number of ether oxygens (including phenoxy) is 1. The minimum absolute atomic E-state index is 0.0535. The number of carbonyl (C=O) groups excluding carboxylic acids is 3. The lowest BCUT2D eigenvalue weighted by Crippen LogP contribution is -2.51. The highest BCUT2D eigenvalue weighted by atomic mass is 16.6. The van der Waals surface area contributed by atoms with Crippen molar-refractivity contribution in [2.75, 3.05) is 44.6 Å². The fraction of sp³-hybridized carbons (Fsp3) is 0.640. The van der Waals surface area contributed by atoms with Crippen LogP contribution in [0, 0.1) is 5.92 Å². The molecule has 0 unspecified atom stereocenters. The second-order valence-corrected chi connectivity index (χ2v) is 9.97. The van der Waals surface area contributed by atoms with Gasteiger partial charge in [-0.15, -0.1) is 0 Å². The van der Waals surface area contributed by atoms with Gasteiger partial charge in [0.15, 0.2) is 0 Å². The molecule has 0 atom stereocenters. The third-order valence-electron chi connectivity index (χ3n) is 6.11. The van der Waals surface area contributed by atoms with E-state index in [2.05, 4.69) is 15.5 Å². The number of carbonyl (C=O) groups is 3. The zero-order valence-corrected chi connectivity index (χ0v) is 20.2. The molecule has 0 spiro atoms. The summed E-state index contributed by atoms with van der Waals surface area (Å²) in [5.41, 5.74) is 0.705. The van der Waals surface area contributed by atoms with Crippen molar-refractivity contribution in [2.24, 2.45) is 5.92 Å². The summed E-state index contributed by atoms with van der Waals surface area (Å²) in [5.74, 6) is -0.0269. The number of hydrogen-bond acceptors (Lipinski definition) is 5. The quantitative estimate of drug-likeness (QED) is 0.681. The first kappa shape index (κ1) is 25.0. The SMILES string of the molecule is CC(C)(C)OC(=O)N1CCN(CCNC(=O)c2cccc(NC(=O)C3CCCCC3)c2)CC1. The van der Waals surface area contributed by atoms with Gasteiger partial charge >= 0.3 is 6.09 Å². The second kappa shape index (κ2) is 11.5. The highest BCUT2D eigenvalue weighted by Crippen LogP contribution is 2.25. The molecular formula is C25H38N4O4. The van der Waals surface area contributed by atoms with E-state index in [9.17, 15) is 14.4 Å². The molecule has 182 valence electrons. The lowest BCUT2D eigenvalue weighted by Gasteiger charge is -2.35. The molecule has 1 heterocycles. The first-order chi connectivity index (χ1) is 15.7. The molecule has 2 fully saturated rings. The van der Waals surface area contributed by atoms with Crippen LogP contribution < -0.4 is 10.6 Å². The zero-order valence-electron chi connectivity index (χ0n) is 20.2. The maximum atomic E-state index is 12.6.